The van der Waals surface area contributed by atoms with Gasteiger partial charge >= 0.3 is 0 Å². The minimum absolute atomic E-state index is 0.0183. The van der Waals surface area contributed by atoms with Gasteiger partial charge in [-0.15, -0.1) is 0 Å². The Morgan fingerprint density at radius 2 is 1.94 bits per heavy atom. The minimum atomic E-state index is -0.543. The predicted octanol–water partition coefficient (Wildman–Crippen LogP) is 2.95. The van der Waals surface area contributed by atoms with Crippen LogP contribution < -0.4 is 15.8 Å². The van der Waals surface area contributed by atoms with Crippen LogP contribution in [0.2, 0.25) is 0 Å². The number of carbonyl (C=O) groups excluding carboxylic acids is 2. The summed E-state index contributed by atoms with van der Waals surface area (Å²) in [5, 5.41) is 8.35. The van der Waals surface area contributed by atoms with Crippen LogP contribution in [-0.4, -0.2) is 38.7 Å². The molecule has 2 saturated carbocycles. The lowest BCUT2D eigenvalue weighted by Gasteiger charge is -2.57. The van der Waals surface area contributed by atoms with E-state index in [0.29, 0.717) is 21.6 Å². The highest BCUT2D eigenvalue weighted by atomic mass is 79.9. The van der Waals surface area contributed by atoms with Crippen molar-refractivity contribution in [2.45, 2.75) is 37.8 Å². The number of amides is 2. The molecule has 31 heavy (non-hydrogen) atoms. The van der Waals surface area contributed by atoms with Crippen molar-refractivity contribution in [3.05, 3.63) is 52.3 Å². The highest BCUT2D eigenvalue weighted by Gasteiger charge is 2.54. The average molecular weight is 484 g/mol. The molecule has 1 aromatic carbocycles. The van der Waals surface area contributed by atoms with Crippen molar-refractivity contribution in [3.8, 4) is 5.88 Å². The van der Waals surface area contributed by atoms with E-state index in [1.807, 2.05) is 25.2 Å². The van der Waals surface area contributed by atoms with Crippen LogP contribution in [-0.2, 0) is 7.05 Å². The van der Waals surface area contributed by atoms with Gasteiger partial charge in [-0.3, -0.25) is 14.3 Å². The maximum Gasteiger partial charge on any atom is 0.254 e. The van der Waals surface area contributed by atoms with Gasteiger partial charge in [0.2, 0.25) is 5.88 Å². The summed E-state index contributed by atoms with van der Waals surface area (Å²) in [6, 6.07) is 9.08. The predicted molar refractivity (Wildman–Crippen MR) is 118 cm³/mol. The number of carbonyl (C=O) groups is 2. The molecular weight excluding hydrogens is 462 g/mol. The van der Waals surface area contributed by atoms with Gasteiger partial charge in [-0.1, -0.05) is 6.07 Å². The summed E-state index contributed by atoms with van der Waals surface area (Å²) >= 11 is 3.46. The van der Waals surface area contributed by atoms with Crippen molar-refractivity contribution >= 4 is 38.6 Å². The van der Waals surface area contributed by atoms with Crippen LogP contribution in [0.5, 0.6) is 5.88 Å². The second kappa shape index (κ2) is 7.33. The van der Waals surface area contributed by atoms with E-state index in [1.165, 1.54) is 0 Å². The standard InChI is InChI=1S/C22H22BrN5O3/c1-28-16-6-2-4-14(17(16)18(23)27-28)20(30)26-12-8-22(9-12)10-13(11-22)31-21-15(19(24)29)5-3-7-25-21/h2-7,12-13H,8-11H2,1H3,(H2,24,29)(H,26,30). The zero-order valence-electron chi connectivity index (χ0n) is 17.0. The maximum atomic E-state index is 12.9. The van der Waals surface area contributed by atoms with Crippen LogP contribution in [0.3, 0.4) is 0 Å². The van der Waals surface area contributed by atoms with Crippen molar-refractivity contribution < 1.29 is 14.3 Å². The molecule has 2 aliphatic rings. The summed E-state index contributed by atoms with van der Waals surface area (Å²) in [4.78, 5) is 28.6. The van der Waals surface area contributed by atoms with Crippen molar-refractivity contribution in [2.24, 2.45) is 18.2 Å². The molecule has 0 atom stereocenters. The first-order chi connectivity index (χ1) is 14.8. The van der Waals surface area contributed by atoms with Gasteiger partial charge in [-0.05, 0) is 71.3 Å². The molecule has 1 spiro atoms. The first-order valence-corrected chi connectivity index (χ1v) is 11.0. The van der Waals surface area contributed by atoms with Gasteiger partial charge < -0.3 is 15.8 Å². The molecule has 3 aromatic rings. The van der Waals surface area contributed by atoms with E-state index in [0.717, 1.165) is 36.6 Å². The van der Waals surface area contributed by atoms with Gasteiger partial charge in [-0.25, -0.2) is 4.98 Å². The second-order valence-electron chi connectivity index (χ2n) is 8.56. The Morgan fingerprint density at radius 3 is 2.68 bits per heavy atom. The second-order valence-corrected chi connectivity index (χ2v) is 9.31. The normalized spacial score (nSPS) is 24.5. The number of fused-ring (bicyclic) bond motifs is 1. The number of benzene rings is 1. The monoisotopic (exact) mass is 483 g/mol. The van der Waals surface area contributed by atoms with E-state index < -0.39 is 5.91 Å². The van der Waals surface area contributed by atoms with Crippen LogP contribution in [0.1, 0.15) is 46.4 Å². The molecule has 9 heteroatoms. The SMILES string of the molecule is Cn1nc(Br)c2c(C(=O)NC3CC4(C3)CC(Oc3ncccc3C(N)=O)C4)cccc21. The number of primary amides is 1. The molecule has 2 aliphatic carbocycles. The minimum Gasteiger partial charge on any atom is -0.474 e. The third-order valence-electron chi connectivity index (χ3n) is 6.41. The van der Waals surface area contributed by atoms with E-state index in [4.69, 9.17) is 10.5 Å². The van der Waals surface area contributed by atoms with Crippen molar-refractivity contribution in [1.82, 2.24) is 20.1 Å². The van der Waals surface area contributed by atoms with Crippen LogP contribution in [0, 0.1) is 5.41 Å². The van der Waals surface area contributed by atoms with Crippen LogP contribution in [0.4, 0.5) is 0 Å². The van der Waals surface area contributed by atoms with Gasteiger partial charge in [0.1, 0.15) is 16.3 Å². The number of nitrogens with one attached hydrogen (secondary N) is 1. The van der Waals surface area contributed by atoms with Gasteiger partial charge in [0.25, 0.3) is 11.8 Å². The number of hydrogen-bond donors (Lipinski definition) is 2. The molecule has 3 N–H and O–H groups in total. The molecule has 0 aliphatic heterocycles. The molecule has 0 saturated heterocycles. The van der Waals surface area contributed by atoms with E-state index in [9.17, 15) is 9.59 Å². The highest BCUT2D eigenvalue weighted by Crippen LogP contribution is 2.56. The van der Waals surface area contributed by atoms with Gasteiger partial charge in [0, 0.05) is 24.7 Å². The van der Waals surface area contributed by atoms with Crippen LogP contribution in [0.25, 0.3) is 10.9 Å². The fraction of sp³-hybridized carbons (Fsp3) is 0.364. The molecule has 160 valence electrons. The topological polar surface area (TPSA) is 112 Å². The Balaban J connectivity index is 1.18. The van der Waals surface area contributed by atoms with E-state index in [-0.39, 0.29) is 23.5 Å². The first kappa shape index (κ1) is 20.0. The molecule has 2 heterocycles. The van der Waals surface area contributed by atoms with Crippen LogP contribution >= 0.6 is 15.9 Å². The lowest BCUT2D eigenvalue weighted by Crippen LogP contribution is -2.58. The number of nitrogens with zero attached hydrogens (tertiary/aromatic N) is 3. The van der Waals surface area contributed by atoms with Crippen molar-refractivity contribution in [3.63, 3.8) is 0 Å². The van der Waals surface area contributed by atoms with E-state index >= 15 is 0 Å². The van der Waals surface area contributed by atoms with E-state index in [1.54, 1.807) is 23.0 Å². The Labute approximate surface area is 187 Å². The lowest BCUT2D eigenvalue weighted by atomic mass is 9.53. The number of aromatic nitrogens is 3. The van der Waals surface area contributed by atoms with Gasteiger partial charge in [0.05, 0.1) is 11.1 Å². The number of ether oxygens (including phenoxy) is 1. The van der Waals surface area contributed by atoms with Gasteiger partial charge in [0.15, 0.2) is 0 Å². The number of rotatable bonds is 5. The summed E-state index contributed by atoms with van der Waals surface area (Å²) < 4.78 is 8.34. The van der Waals surface area contributed by atoms with Crippen molar-refractivity contribution in [2.75, 3.05) is 0 Å². The quantitative estimate of drug-likeness (QED) is 0.579. The highest BCUT2D eigenvalue weighted by molar-refractivity contribution is 9.10. The Kier molecular flexibility index (Phi) is 4.73. The number of halogens is 1. The molecule has 5 rings (SSSR count). The average Bonchev–Trinajstić information content (AvgIpc) is 2.98. The van der Waals surface area contributed by atoms with Crippen molar-refractivity contribution in [1.29, 1.82) is 0 Å². The molecule has 8 nitrogen and oxygen atoms in total. The Hall–Kier alpha value is -2.94. The third kappa shape index (κ3) is 3.46. The molecule has 2 fully saturated rings. The summed E-state index contributed by atoms with van der Waals surface area (Å²) in [6.45, 7) is 0. The zero-order chi connectivity index (χ0) is 21.8. The Bertz CT molecular complexity index is 1190. The summed E-state index contributed by atoms with van der Waals surface area (Å²) in [7, 11) is 1.86. The molecule has 2 aromatic heterocycles. The lowest BCUT2D eigenvalue weighted by molar-refractivity contribution is -0.0848. The number of nitrogens with two attached hydrogens (primary N) is 1. The molecule has 0 unspecified atom stereocenters. The summed E-state index contributed by atoms with van der Waals surface area (Å²) in [6.07, 6.45) is 5.23. The number of hydrogen-bond acceptors (Lipinski definition) is 5. The van der Waals surface area contributed by atoms with E-state index in [2.05, 4.69) is 31.3 Å². The largest absolute Gasteiger partial charge is 0.474 e. The van der Waals surface area contributed by atoms with Gasteiger partial charge in [-0.2, -0.15) is 5.10 Å². The number of pyridine rings is 1. The zero-order valence-corrected chi connectivity index (χ0v) is 18.6. The smallest absolute Gasteiger partial charge is 0.254 e. The molecule has 0 bridgehead atoms. The fourth-order valence-electron chi connectivity index (χ4n) is 4.96. The van der Waals surface area contributed by atoms with Crippen LogP contribution in [0.15, 0.2) is 41.1 Å². The summed E-state index contributed by atoms with van der Waals surface area (Å²) in [5.74, 6) is -0.321. The molecule has 2 amide bonds. The number of aryl methyl sites for hydroxylation is 1. The summed E-state index contributed by atoms with van der Waals surface area (Å²) in [5.41, 5.74) is 7.43. The third-order valence-corrected chi connectivity index (χ3v) is 6.97. The Morgan fingerprint density at radius 1 is 1.19 bits per heavy atom. The fourth-order valence-corrected chi connectivity index (χ4v) is 5.61. The molecular formula is C22H22BrN5O3. The maximum absolute atomic E-state index is 12.9. The first-order valence-electron chi connectivity index (χ1n) is 10.2. The molecule has 0 radical (unpaired) electrons.